The second-order valence-corrected chi connectivity index (χ2v) is 6.24. The Labute approximate surface area is 158 Å². The molecule has 1 atom stereocenters. The fourth-order valence-corrected chi connectivity index (χ4v) is 2.66. The SMILES string of the molecule is Cc1ccc(N(Cc2ccco2)C(=O)C(C)Oc2ccc(C#N)cc2)cc1. The van der Waals surface area contributed by atoms with Crippen molar-refractivity contribution in [1.82, 2.24) is 0 Å². The van der Waals surface area contributed by atoms with Gasteiger partial charge < -0.3 is 14.1 Å². The van der Waals surface area contributed by atoms with Gasteiger partial charge in [-0.2, -0.15) is 5.26 Å². The van der Waals surface area contributed by atoms with E-state index in [1.54, 1.807) is 48.4 Å². The Morgan fingerprint density at radius 1 is 1.15 bits per heavy atom. The molecule has 1 unspecified atom stereocenters. The van der Waals surface area contributed by atoms with Crippen LogP contribution in [-0.4, -0.2) is 12.0 Å². The third kappa shape index (κ3) is 4.56. The number of hydrogen-bond donors (Lipinski definition) is 0. The van der Waals surface area contributed by atoms with E-state index in [0.29, 0.717) is 23.6 Å². The molecule has 3 rings (SSSR count). The average Bonchev–Trinajstić information content (AvgIpc) is 3.20. The van der Waals surface area contributed by atoms with Crippen molar-refractivity contribution in [3.05, 3.63) is 83.8 Å². The van der Waals surface area contributed by atoms with Crippen molar-refractivity contribution in [3.63, 3.8) is 0 Å². The average molecular weight is 360 g/mol. The van der Waals surface area contributed by atoms with Gasteiger partial charge in [-0.25, -0.2) is 0 Å². The van der Waals surface area contributed by atoms with Crippen molar-refractivity contribution >= 4 is 11.6 Å². The van der Waals surface area contributed by atoms with Crippen LogP contribution in [0.25, 0.3) is 0 Å². The van der Waals surface area contributed by atoms with Crippen molar-refractivity contribution < 1.29 is 13.9 Å². The van der Waals surface area contributed by atoms with Crippen LogP contribution in [0.4, 0.5) is 5.69 Å². The number of amides is 1. The number of aryl methyl sites for hydroxylation is 1. The van der Waals surface area contributed by atoms with Gasteiger partial charge >= 0.3 is 0 Å². The molecule has 0 saturated heterocycles. The molecule has 1 amide bonds. The molecule has 2 aromatic carbocycles. The molecule has 5 nitrogen and oxygen atoms in total. The van der Waals surface area contributed by atoms with E-state index < -0.39 is 6.10 Å². The van der Waals surface area contributed by atoms with E-state index in [1.807, 2.05) is 37.3 Å². The summed E-state index contributed by atoms with van der Waals surface area (Å²) in [5, 5.41) is 8.88. The van der Waals surface area contributed by atoms with Crippen LogP contribution >= 0.6 is 0 Å². The van der Waals surface area contributed by atoms with Gasteiger partial charge in [-0.1, -0.05) is 17.7 Å². The van der Waals surface area contributed by atoms with Gasteiger partial charge in [-0.05, 0) is 62.4 Å². The molecule has 5 heteroatoms. The number of carbonyl (C=O) groups excluding carboxylic acids is 1. The van der Waals surface area contributed by atoms with Crippen LogP contribution in [0.5, 0.6) is 5.75 Å². The lowest BCUT2D eigenvalue weighted by Crippen LogP contribution is -2.40. The van der Waals surface area contributed by atoms with Crippen molar-refractivity contribution in [3.8, 4) is 11.8 Å². The Kier molecular flexibility index (Phi) is 5.58. The molecule has 3 aromatic rings. The standard InChI is InChI=1S/C22H20N2O3/c1-16-5-9-19(10-6-16)24(15-21-4-3-13-26-21)22(25)17(2)27-20-11-7-18(14-23)8-12-20/h3-13,17H,15H2,1-2H3. The number of furan rings is 1. The Morgan fingerprint density at radius 3 is 2.44 bits per heavy atom. The fourth-order valence-electron chi connectivity index (χ4n) is 2.66. The molecule has 0 bridgehead atoms. The Bertz CT molecular complexity index is 923. The van der Waals surface area contributed by atoms with Gasteiger partial charge in [0.05, 0.1) is 24.4 Å². The molecule has 0 radical (unpaired) electrons. The molecule has 1 heterocycles. The zero-order valence-electron chi connectivity index (χ0n) is 15.3. The molecule has 136 valence electrons. The number of benzene rings is 2. The first kappa shape index (κ1) is 18.3. The van der Waals surface area contributed by atoms with Crippen molar-refractivity contribution in [2.24, 2.45) is 0 Å². The largest absolute Gasteiger partial charge is 0.481 e. The third-order valence-corrected chi connectivity index (χ3v) is 4.15. The number of ether oxygens (including phenoxy) is 1. The van der Waals surface area contributed by atoms with Crippen molar-refractivity contribution in [2.45, 2.75) is 26.5 Å². The van der Waals surface area contributed by atoms with E-state index in [4.69, 9.17) is 14.4 Å². The van der Waals surface area contributed by atoms with Gasteiger partial charge in [0.15, 0.2) is 6.10 Å². The van der Waals surface area contributed by atoms with Gasteiger partial charge in [0, 0.05) is 5.69 Å². The number of nitriles is 1. The molecule has 0 N–H and O–H groups in total. The summed E-state index contributed by atoms with van der Waals surface area (Å²) in [5.74, 6) is 1.05. The summed E-state index contributed by atoms with van der Waals surface area (Å²) in [6.07, 6.45) is 0.887. The first-order valence-electron chi connectivity index (χ1n) is 8.64. The highest BCUT2D eigenvalue weighted by Crippen LogP contribution is 2.21. The molecule has 0 fully saturated rings. The monoisotopic (exact) mass is 360 g/mol. The molecule has 1 aromatic heterocycles. The number of anilines is 1. The quantitative estimate of drug-likeness (QED) is 0.651. The van der Waals surface area contributed by atoms with E-state index in [-0.39, 0.29) is 5.91 Å². The number of hydrogen-bond acceptors (Lipinski definition) is 4. The van der Waals surface area contributed by atoms with Gasteiger partial charge in [0.25, 0.3) is 5.91 Å². The molecule has 0 aliphatic carbocycles. The lowest BCUT2D eigenvalue weighted by Gasteiger charge is -2.25. The molecular weight excluding hydrogens is 340 g/mol. The minimum atomic E-state index is -0.700. The summed E-state index contributed by atoms with van der Waals surface area (Å²) in [6.45, 7) is 4.03. The molecule has 0 aliphatic heterocycles. The molecular formula is C22H20N2O3. The van der Waals surface area contributed by atoms with Crippen LogP contribution < -0.4 is 9.64 Å². The van der Waals surface area contributed by atoms with Gasteiger partial charge in [-0.3, -0.25) is 4.79 Å². The highest BCUT2D eigenvalue weighted by atomic mass is 16.5. The Morgan fingerprint density at radius 2 is 1.85 bits per heavy atom. The van der Waals surface area contributed by atoms with Crippen molar-refractivity contribution in [1.29, 1.82) is 5.26 Å². The third-order valence-electron chi connectivity index (χ3n) is 4.15. The normalized spacial score (nSPS) is 11.4. The van der Waals surface area contributed by atoms with E-state index in [1.165, 1.54) is 0 Å². The second-order valence-electron chi connectivity index (χ2n) is 6.24. The van der Waals surface area contributed by atoms with Crippen LogP contribution in [0, 0.1) is 18.3 Å². The maximum absolute atomic E-state index is 13.1. The summed E-state index contributed by atoms with van der Waals surface area (Å²) in [7, 11) is 0. The molecule has 0 saturated carbocycles. The molecule has 0 aliphatic rings. The van der Waals surface area contributed by atoms with Crippen molar-refractivity contribution in [2.75, 3.05) is 4.90 Å². The summed E-state index contributed by atoms with van der Waals surface area (Å²) in [4.78, 5) is 14.7. The summed E-state index contributed by atoms with van der Waals surface area (Å²) >= 11 is 0. The van der Waals surface area contributed by atoms with Crippen LogP contribution in [-0.2, 0) is 11.3 Å². The van der Waals surface area contributed by atoms with Gasteiger partial charge in [0.1, 0.15) is 11.5 Å². The van der Waals surface area contributed by atoms with Gasteiger partial charge in [0.2, 0.25) is 0 Å². The summed E-state index contributed by atoms with van der Waals surface area (Å²) < 4.78 is 11.2. The number of carbonyl (C=O) groups is 1. The van der Waals surface area contributed by atoms with E-state index in [0.717, 1.165) is 11.3 Å². The minimum Gasteiger partial charge on any atom is -0.481 e. The van der Waals surface area contributed by atoms with E-state index >= 15 is 0 Å². The van der Waals surface area contributed by atoms with Gasteiger partial charge in [-0.15, -0.1) is 0 Å². The maximum atomic E-state index is 13.1. The van der Waals surface area contributed by atoms with E-state index in [2.05, 4.69) is 6.07 Å². The zero-order chi connectivity index (χ0) is 19.2. The van der Waals surface area contributed by atoms with Crippen LogP contribution in [0.2, 0.25) is 0 Å². The zero-order valence-corrected chi connectivity index (χ0v) is 15.3. The number of rotatable bonds is 6. The first-order chi connectivity index (χ1) is 13.1. The highest BCUT2D eigenvalue weighted by molar-refractivity contribution is 5.96. The predicted octanol–water partition coefficient (Wildman–Crippen LogP) is 4.46. The minimum absolute atomic E-state index is 0.181. The van der Waals surface area contributed by atoms with Crippen LogP contribution in [0.1, 0.15) is 23.8 Å². The fraction of sp³-hybridized carbons (Fsp3) is 0.182. The lowest BCUT2D eigenvalue weighted by atomic mass is 10.2. The second kappa shape index (κ2) is 8.24. The smallest absolute Gasteiger partial charge is 0.268 e. The highest BCUT2D eigenvalue weighted by Gasteiger charge is 2.24. The predicted molar refractivity (Wildman–Crippen MR) is 102 cm³/mol. The summed E-state index contributed by atoms with van der Waals surface area (Å²) in [5.41, 5.74) is 2.43. The summed E-state index contributed by atoms with van der Waals surface area (Å²) in [6, 6.07) is 20.1. The Balaban J connectivity index is 1.80. The topological polar surface area (TPSA) is 66.5 Å². The first-order valence-corrected chi connectivity index (χ1v) is 8.64. The molecule has 0 spiro atoms. The van der Waals surface area contributed by atoms with E-state index in [9.17, 15) is 4.79 Å². The number of nitrogens with zero attached hydrogens (tertiary/aromatic N) is 2. The maximum Gasteiger partial charge on any atom is 0.268 e. The van der Waals surface area contributed by atoms with Crippen LogP contribution in [0.3, 0.4) is 0 Å². The molecule has 27 heavy (non-hydrogen) atoms. The Hall–Kier alpha value is -3.52. The van der Waals surface area contributed by atoms with Crippen LogP contribution in [0.15, 0.2) is 71.3 Å². The lowest BCUT2D eigenvalue weighted by molar-refractivity contribution is -0.124.